The van der Waals surface area contributed by atoms with E-state index in [1.54, 1.807) is 37.3 Å². The van der Waals surface area contributed by atoms with E-state index in [1.165, 1.54) is 0 Å². The number of carbonyl (C=O) groups is 2. The Morgan fingerprint density at radius 3 is 2.60 bits per heavy atom. The van der Waals surface area contributed by atoms with Crippen LogP contribution in [0.3, 0.4) is 0 Å². The molecule has 0 spiro atoms. The van der Waals surface area contributed by atoms with Crippen LogP contribution in [0.2, 0.25) is 0 Å². The zero-order valence-corrected chi connectivity index (χ0v) is 11.2. The van der Waals surface area contributed by atoms with Gasteiger partial charge in [-0.3, -0.25) is 4.79 Å². The van der Waals surface area contributed by atoms with Crippen LogP contribution in [-0.4, -0.2) is 16.9 Å². The summed E-state index contributed by atoms with van der Waals surface area (Å²) in [4.78, 5) is 32.2. The Balaban J connectivity index is 1.98. The normalized spacial score (nSPS) is 10.1. The minimum Gasteiger partial charge on any atom is -0.445 e. The standard InChI is InChI=1S/C14H14N2O4/c1-3-11-15-12(9(2)19-11)14(18)20-16-13(17)10-7-5-4-6-8-10/h4-8H,3H2,1-2H3,(H,16,17). The largest absolute Gasteiger partial charge is 0.445 e. The van der Waals surface area contributed by atoms with Gasteiger partial charge in [0.05, 0.1) is 0 Å². The van der Waals surface area contributed by atoms with Crippen molar-refractivity contribution in [1.29, 1.82) is 0 Å². The molecule has 0 aliphatic heterocycles. The van der Waals surface area contributed by atoms with E-state index in [2.05, 4.69) is 10.5 Å². The van der Waals surface area contributed by atoms with Gasteiger partial charge in [0, 0.05) is 12.0 Å². The SMILES string of the molecule is CCc1nc(C(=O)ONC(=O)c2ccccc2)c(C)o1. The van der Waals surface area contributed by atoms with E-state index >= 15 is 0 Å². The molecule has 1 aromatic carbocycles. The number of rotatable bonds is 3. The summed E-state index contributed by atoms with van der Waals surface area (Å²) in [7, 11) is 0. The van der Waals surface area contributed by atoms with E-state index in [1.807, 2.05) is 6.92 Å². The van der Waals surface area contributed by atoms with Gasteiger partial charge in [0.15, 0.2) is 11.6 Å². The van der Waals surface area contributed by atoms with Crippen molar-refractivity contribution in [1.82, 2.24) is 10.5 Å². The zero-order chi connectivity index (χ0) is 14.5. The molecule has 0 bridgehead atoms. The Labute approximate surface area is 115 Å². The van der Waals surface area contributed by atoms with E-state index in [0.29, 0.717) is 23.6 Å². The summed E-state index contributed by atoms with van der Waals surface area (Å²) in [6.45, 7) is 3.47. The molecule has 6 nitrogen and oxygen atoms in total. The minimum atomic E-state index is -0.754. The summed E-state index contributed by atoms with van der Waals surface area (Å²) in [6.07, 6.45) is 0.574. The maximum atomic E-state index is 11.8. The van der Waals surface area contributed by atoms with Gasteiger partial charge in [-0.25, -0.2) is 9.78 Å². The number of aryl methyl sites for hydroxylation is 2. The topological polar surface area (TPSA) is 81.4 Å². The molecular formula is C14H14N2O4. The maximum absolute atomic E-state index is 11.8. The number of oxazole rings is 1. The van der Waals surface area contributed by atoms with Crippen molar-refractivity contribution >= 4 is 11.9 Å². The number of hydrogen-bond acceptors (Lipinski definition) is 5. The first kappa shape index (κ1) is 13.8. The van der Waals surface area contributed by atoms with E-state index in [4.69, 9.17) is 9.25 Å². The fraction of sp³-hybridized carbons (Fsp3) is 0.214. The highest BCUT2D eigenvalue weighted by atomic mass is 16.7. The van der Waals surface area contributed by atoms with Gasteiger partial charge >= 0.3 is 5.97 Å². The summed E-state index contributed by atoms with van der Waals surface area (Å²) < 4.78 is 5.25. The van der Waals surface area contributed by atoms with Crippen LogP contribution in [0.25, 0.3) is 0 Å². The second kappa shape index (κ2) is 6.01. The predicted molar refractivity (Wildman–Crippen MR) is 69.9 cm³/mol. The molecule has 104 valence electrons. The van der Waals surface area contributed by atoms with Crippen molar-refractivity contribution in [3.05, 3.63) is 53.2 Å². The van der Waals surface area contributed by atoms with Gasteiger partial charge in [-0.2, -0.15) is 5.48 Å². The van der Waals surface area contributed by atoms with Crippen LogP contribution in [0, 0.1) is 6.92 Å². The van der Waals surface area contributed by atoms with Crippen LogP contribution in [0.15, 0.2) is 34.7 Å². The summed E-state index contributed by atoms with van der Waals surface area (Å²) in [5.74, 6) is -0.448. The average molecular weight is 274 g/mol. The molecule has 1 N–H and O–H groups in total. The van der Waals surface area contributed by atoms with Crippen molar-refractivity contribution in [2.75, 3.05) is 0 Å². The van der Waals surface area contributed by atoms with E-state index in [-0.39, 0.29) is 5.69 Å². The number of hydrogen-bond donors (Lipinski definition) is 1. The molecule has 1 heterocycles. The first-order valence-electron chi connectivity index (χ1n) is 6.14. The first-order valence-corrected chi connectivity index (χ1v) is 6.14. The molecular weight excluding hydrogens is 260 g/mol. The van der Waals surface area contributed by atoms with E-state index < -0.39 is 11.9 Å². The van der Waals surface area contributed by atoms with Gasteiger partial charge in [0.1, 0.15) is 5.76 Å². The number of benzene rings is 1. The fourth-order valence-electron chi connectivity index (χ4n) is 1.58. The lowest BCUT2D eigenvalue weighted by molar-refractivity contribution is 0.0223. The molecule has 0 aliphatic carbocycles. The highest BCUT2D eigenvalue weighted by molar-refractivity contribution is 5.95. The van der Waals surface area contributed by atoms with Gasteiger partial charge in [0.2, 0.25) is 0 Å². The summed E-state index contributed by atoms with van der Waals surface area (Å²) >= 11 is 0. The number of carbonyl (C=O) groups excluding carboxylic acids is 2. The highest BCUT2D eigenvalue weighted by Gasteiger charge is 2.19. The Bertz CT molecular complexity index is 619. The molecule has 1 aromatic heterocycles. The van der Waals surface area contributed by atoms with Gasteiger partial charge in [-0.05, 0) is 19.1 Å². The lowest BCUT2D eigenvalue weighted by Gasteiger charge is -2.04. The zero-order valence-electron chi connectivity index (χ0n) is 11.2. The molecule has 0 saturated heterocycles. The maximum Gasteiger partial charge on any atom is 0.384 e. The van der Waals surface area contributed by atoms with E-state index in [9.17, 15) is 9.59 Å². The smallest absolute Gasteiger partial charge is 0.384 e. The van der Waals surface area contributed by atoms with Crippen molar-refractivity contribution in [3.8, 4) is 0 Å². The third kappa shape index (κ3) is 3.03. The summed E-state index contributed by atoms with van der Waals surface area (Å²) in [5, 5.41) is 0. The van der Waals surface area contributed by atoms with Crippen molar-refractivity contribution < 1.29 is 18.8 Å². The molecule has 0 atom stereocenters. The molecule has 1 amide bonds. The van der Waals surface area contributed by atoms with Gasteiger partial charge in [-0.1, -0.05) is 25.1 Å². The predicted octanol–water partition coefficient (Wildman–Crippen LogP) is 2.05. The number of hydroxylamine groups is 1. The van der Waals surface area contributed by atoms with Crippen LogP contribution in [0.5, 0.6) is 0 Å². The van der Waals surface area contributed by atoms with Gasteiger partial charge in [-0.15, -0.1) is 0 Å². The quantitative estimate of drug-likeness (QED) is 0.866. The molecule has 0 aliphatic rings. The number of nitrogens with one attached hydrogen (secondary N) is 1. The van der Waals surface area contributed by atoms with Crippen LogP contribution in [-0.2, 0) is 11.3 Å². The minimum absolute atomic E-state index is 0.0650. The molecule has 2 aromatic rings. The molecule has 0 radical (unpaired) electrons. The number of nitrogens with zero attached hydrogens (tertiary/aromatic N) is 1. The van der Waals surface area contributed by atoms with Crippen LogP contribution < -0.4 is 5.48 Å². The molecule has 6 heteroatoms. The highest BCUT2D eigenvalue weighted by Crippen LogP contribution is 2.11. The Kier molecular flexibility index (Phi) is 4.14. The molecule has 0 saturated carbocycles. The number of amides is 1. The lowest BCUT2D eigenvalue weighted by Crippen LogP contribution is -2.27. The van der Waals surface area contributed by atoms with Gasteiger partial charge < -0.3 is 9.25 Å². The Morgan fingerprint density at radius 1 is 1.30 bits per heavy atom. The summed E-state index contributed by atoms with van der Waals surface area (Å²) in [5.41, 5.74) is 2.54. The number of aromatic nitrogens is 1. The third-order valence-electron chi connectivity index (χ3n) is 2.61. The lowest BCUT2D eigenvalue weighted by atomic mass is 10.2. The molecule has 2 rings (SSSR count). The monoisotopic (exact) mass is 274 g/mol. The van der Waals surface area contributed by atoms with Crippen molar-refractivity contribution in [2.45, 2.75) is 20.3 Å². The van der Waals surface area contributed by atoms with Gasteiger partial charge in [0.25, 0.3) is 5.91 Å². The van der Waals surface area contributed by atoms with Crippen LogP contribution in [0.4, 0.5) is 0 Å². The Hall–Kier alpha value is -2.63. The van der Waals surface area contributed by atoms with E-state index in [0.717, 1.165) is 0 Å². The fourth-order valence-corrected chi connectivity index (χ4v) is 1.58. The second-order valence-electron chi connectivity index (χ2n) is 4.05. The molecule has 20 heavy (non-hydrogen) atoms. The van der Waals surface area contributed by atoms with Crippen molar-refractivity contribution in [3.63, 3.8) is 0 Å². The third-order valence-corrected chi connectivity index (χ3v) is 2.61. The van der Waals surface area contributed by atoms with Crippen LogP contribution in [0.1, 0.15) is 39.4 Å². The summed E-state index contributed by atoms with van der Waals surface area (Å²) in [6, 6.07) is 8.44. The average Bonchev–Trinajstić information content (AvgIpc) is 2.86. The second-order valence-corrected chi connectivity index (χ2v) is 4.05. The molecule has 0 unspecified atom stereocenters. The molecule has 0 fully saturated rings. The Morgan fingerprint density at radius 2 is 2.00 bits per heavy atom. The first-order chi connectivity index (χ1) is 9.61. The van der Waals surface area contributed by atoms with Crippen LogP contribution >= 0.6 is 0 Å². The van der Waals surface area contributed by atoms with Crippen molar-refractivity contribution in [2.24, 2.45) is 0 Å².